The average Bonchev–Trinajstić information content (AvgIpc) is 3.20. The summed E-state index contributed by atoms with van der Waals surface area (Å²) >= 11 is 1.24. The van der Waals surface area contributed by atoms with Crippen molar-refractivity contribution >= 4 is 27.5 Å². The topological polar surface area (TPSA) is 98.1 Å². The van der Waals surface area contributed by atoms with Crippen LogP contribution < -0.4 is 0 Å². The average molecular weight is 396 g/mol. The minimum absolute atomic E-state index is 0.0420. The van der Waals surface area contributed by atoms with Crippen molar-refractivity contribution in [1.82, 2.24) is 25.1 Å². The van der Waals surface area contributed by atoms with Crippen LogP contribution in [0.4, 0.5) is 0 Å². The molecule has 1 amide bonds. The molecular weight excluding hydrogens is 374 g/mol. The van der Waals surface area contributed by atoms with Crippen molar-refractivity contribution in [3.63, 3.8) is 0 Å². The quantitative estimate of drug-likeness (QED) is 0.697. The summed E-state index contributed by atoms with van der Waals surface area (Å²) in [6.45, 7) is 4.05. The maximum Gasteiger partial charge on any atom is 0.233 e. The lowest BCUT2D eigenvalue weighted by Gasteiger charge is -2.23. The molecule has 1 aliphatic heterocycles. The number of aromatic nitrogens is 4. The van der Waals surface area contributed by atoms with Gasteiger partial charge in [0.1, 0.15) is 0 Å². The Morgan fingerprint density at radius 1 is 1.35 bits per heavy atom. The van der Waals surface area contributed by atoms with Crippen LogP contribution >= 0.6 is 11.8 Å². The van der Waals surface area contributed by atoms with Gasteiger partial charge in [0.25, 0.3) is 0 Å². The van der Waals surface area contributed by atoms with Gasteiger partial charge in [-0.15, -0.1) is 5.10 Å². The second-order valence-electron chi connectivity index (χ2n) is 6.49. The number of amides is 1. The molecule has 2 heterocycles. The van der Waals surface area contributed by atoms with Gasteiger partial charge in [0.05, 0.1) is 22.9 Å². The number of thioether (sulfide) groups is 1. The Bertz CT molecular complexity index is 926. The summed E-state index contributed by atoms with van der Waals surface area (Å²) in [5.41, 5.74) is 3.15. The van der Waals surface area contributed by atoms with Crippen LogP contribution in [0, 0.1) is 13.8 Å². The predicted molar refractivity (Wildman–Crippen MR) is 99.2 cm³/mol. The monoisotopic (exact) mass is 395 g/mol. The SMILES string of the molecule is Cc1ccc(-n2nnnc2SCC(=O)N(C)[C@H]2CCS(=O)(=O)C2)cc1C. The minimum atomic E-state index is -3.02. The Labute approximate surface area is 156 Å². The van der Waals surface area contributed by atoms with Gasteiger partial charge in [-0.05, 0) is 54.0 Å². The van der Waals surface area contributed by atoms with Crippen LogP contribution in [-0.4, -0.2) is 69.8 Å². The van der Waals surface area contributed by atoms with Crippen molar-refractivity contribution in [2.75, 3.05) is 24.3 Å². The Balaban J connectivity index is 1.66. The van der Waals surface area contributed by atoms with Crippen molar-refractivity contribution < 1.29 is 13.2 Å². The Kier molecular flexibility index (Phi) is 5.33. The molecule has 26 heavy (non-hydrogen) atoms. The fourth-order valence-corrected chi connectivity index (χ4v) is 5.39. The summed E-state index contributed by atoms with van der Waals surface area (Å²) in [4.78, 5) is 13.9. The van der Waals surface area contributed by atoms with Crippen LogP contribution in [0.5, 0.6) is 0 Å². The van der Waals surface area contributed by atoms with Crippen molar-refractivity contribution in [1.29, 1.82) is 0 Å². The van der Waals surface area contributed by atoms with Gasteiger partial charge in [-0.2, -0.15) is 4.68 Å². The molecule has 8 nitrogen and oxygen atoms in total. The number of carbonyl (C=O) groups excluding carboxylic acids is 1. The van der Waals surface area contributed by atoms with E-state index in [-0.39, 0.29) is 29.2 Å². The second-order valence-corrected chi connectivity index (χ2v) is 9.66. The van der Waals surface area contributed by atoms with E-state index in [1.54, 1.807) is 11.7 Å². The molecule has 1 aromatic heterocycles. The van der Waals surface area contributed by atoms with Gasteiger partial charge in [0.2, 0.25) is 11.1 Å². The van der Waals surface area contributed by atoms with Crippen molar-refractivity contribution in [3.8, 4) is 5.69 Å². The molecule has 0 unspecified atom stereocenters. The number of hydrogen-bond donors (Lipinski definition) is 0. The molecule has 1 aromatic carbocycles. The van der Waals surface area contributed by atoms with Crippen LogP contribution in [0.3, 0.4) is 0 Å². The molecule has 0 bridgehead atoms. The first-order valence-corrected chi connectivity index (χ1v) is 11.0. The van der Waals surface area contributed by atoms with Crippen LogP contribution in [0.15, 0.2) is 23.4 Å². The van der Waals surface area contributed by atoms with E-state index in [0.29, 0.717) is 11.6 Å². The molecule has 0 radical (unpaired) electrons. The maximum absolute atomic E-state index is 12.4. The molecule has 0 aliphatic carbocycles. The third-order valence-corrected chi connectivity index (χ3v) is 7.30. The lowest BCUT2D eigenvalue weighted by Crippen LogP contribution is -2.38. The second kappa shape index (κ2) is 7.36. The van der Waals surface area contributed by atoms with E-state index in [4.69, 9.17) is 0 Å². The number of nitrogens with zero attached hydrogens (tertiary/aromatic N) is 5. The van der Waals surface area contributed by atoms with Crippen molar-refractivity contribution in [2.24, 2.45) is 0 Å². The zero-order valence-corrected chi connectivity index (χ0v) is 16.5. The largest absolute Gasteiger partial charge is 0.341 e. The third-order valence-electron chi connectivity index (χ3n) is 4.65. The number of benzene rings is 1. The molecule has 3 rings (SSSR count). The molecule has 0 N–H and O–H groups in total. The van der Waals surface area contributed by atoms with Crippen molar-refractivity contribution in [3.05, 3.63) is 29.3 Å². The number of rotatable bonds is 5. The smallest absolute Gasteiger partial charge is 0.233 e. The molecule has 10 heteroatoms. The van der Waals surface area contributed by atoms with Gasteiger partial charge < -0.3 is 4.90 Å². The van der Waals surface area contributed by atoms with E-state index in [2.05, 4.69) is 15.5 Å². The summed E-state index contributed by atoms with van der Waals surface area (Å²) in [6.07, 6.45) is 0.496. The number of sulfone groups is 1. The van der Waals surface area contributed by atoms with E-state index in [1.165, 1.54) is 22.2 Å². The van der Waals surface area contributed by atoms with E-state index in [1.807, 2.05) is 32.0 Å². The molecule has 1 saturated heterocycles. The lowest BCUT2D eigenvalue weighted by molar-refractivity contribution is -0.128. The first-order chi connectivity index (χ1) is 12.3. The normalized spacial score (nSPS) is 18.8. The summed E-state index contributed by atoms with van der Waals surface area (Å²) in [6, 6.07) is 5.68. The maximum atomic E-state index is 12.4. The summed E-state index contributed by atoms with van der Waals surface area (Å²) < 4.78 is 24.8. The van der Waals surface area contributed by atoms with Gasteiger partial charge in [-0.1, -0.05) is 17.8 Å². The summed E-state index contributed by atoms with van der Waals surface area (Å²) in [5, 5.41) is 12.2. The minimum Gasteiger partial charge on any atom is -0.341 e. The van der Waals surface area contributed by atoms with Crippen LogP contribution in [0.2, 0.25) is 0 Å². The van der Waals surface area contributed by atoms with Gasteiger partial charge >= 0.3 is 0 Å². The fraction of sp³-hybridized carbons (Fsp3) is 0.500. The first-order valence-electron chi connectivity index (χ1n) is 8.22. The number of tetrazole rings is 1. The van der Waals surface area contributed by atoms with Gasteiger partial charge in [-0.3, -0.25) is 4.79 Å². The van der Waals surface area contributed by atoms with Crippen LogP contribution in [0.1, 0.15) is 17.5 Å². The van der Waals surface area contributed by atoms with E-state index in [9.17, 15) is 13.2 Å². The molecule has 0 saturated carbocycles. The third kappa shape index (κ3) is 4.07. The predicted octanol–water partition coefficient (Wildman–Crippen LogP) is 1.02. The molecule has 1 fully saturated rings. The first kappa shape index (κ1) is 18.8. The number of aryl methyl sites for hydroxylation is 2. The molecule has 140 valence electrons. The van der Waals surface area contributed by atoms with E-state index < -0.39 is 9.84 Å². The zero-order valence-electron chi connectivity index (χ0n) is 14.9. The fourth-order valence-electron chi connectivity index (χ4n) is 2.80. The zero-order chi connectivity index (χ0) is 18.9. The Morgan fingerprint density at radius 2 is 2.12 bits per heavy atom. The highest BCUT2D eigenvalue weighted by atomic mass is 32.2. The highest BCUT2D eigenvalue weighted by Crippen LogP contribution is 2.22. The Hall–Kier alpha value is -1.94. The summed E-state index contributed by atoms with van der Waals surface area (Å²) in [7, 11) is -1.37. The molecule has 0 spiro atoms. The van der Waals surface area contributed by atoms with E-state index >= 15 is 0 Å². The van der Waals surface area contributed by atoms with Gasteiger partial charge in [0, 0.05) is 13.1 Å². The molecule has 1 aliphatic rings. The van der Waals surface area contributed by atoms with Crippen molar-refractivity contribution in [2.45, 2.75) is 31.5 Å². The molecule has 1 atom stereocenters. The highest BCUT2D eigenvalue weighted by molar-refractivity contribution is 7.99. The summed E-state index contributed by atoms with van der Waals surface area (Å²) in [5.74, 6) is 0.207. The molecular formula is C16H21N5O3S2. The number of carbonyl (C=O) groups is 1. The lowest BCUT2D eigenvalue weighted by atomic mass is 10.1. The standard InChI is InChI=1S/C16H21N5O3S2/c1-11-4-5-13(8-12(11)2)21-16(17-18-19-21)25-9-15(22)20(3)14-6-7-26(23,24)10-14/h4-5,8,14H,6-7,9-10H2,1-3H3/t14-/m0/s1. The van der Waals surface area contributed by atoms with Crippen LogP contribution in [-0.2, 0) is 14.6 Å². The van der Waals surface area contributed by atoms with E-state index in [0.717, 1.165) is 11.3 Å². The Morgan fingerprint density at radius 3 is 2.77 bits per heavy atom. The highest BCUT2D eigenvalue weighted by Gasteiger charge is 2.32. The molecule has 2 aromatic rings. The van der Waals surface area contributed by atoms with Gasteiger partial charge in [-0.25, -0.2) is 8.42 Å². The number of hydrogen-bond acceptors (Lipinski definition) is 7. The van der Waals surface area contributed by atoms with Gasteiger partial charge in [0.15, 0.2) is 9.84 Å². The van der Waals surface area contributed by atoms with Crippen LogP contribution in [0.25, 0.3) is 5.69 Å².